The van der Waals surface area contributed by atoms with Crippen molar-refractivity contribution in [1.82, 2.24) is 9.97 Å². The average Bonchev–Trinajstić information content (AvgIpc) is 3.57. The Morgan fingerprint density at radius 3 is 2.39 bits per heavy atom. The maximum Gasteiger partial charge on any atom is 0.308 e. The second-order valence-electron chi connectivity index (χ2n) is 8.71. The fourth-order valence-corrected chi connectivity index (χ4v) is 4.73. The molecule has 1 aromatic carbocycles. The van der Waals surface area contributed by atoms with Gasteiger partial charge in [-0.3, -0.25) is 4.79 Å². The molecule has 2 atom stereocenters. The van der Waals surface area contributed by atoms with Gasteiger partial charge in [-0.1, -0.05) is 0 Å². The minimum Gasteiger partial charge on any atom is -0.493 e. The number of hydrogen-bond donors (Lipinski definition) is 1. The molecule has 1 saturated heterocycles. The van der Waals surface area contributed by atoms with E-state index in [1.54, 1.807) is 12.4 Å². The van der Waals surface area contributed by atoms with Gasteiger partial charge in [-0.05, 0) is 50.4 Å². The average molecular weight is 462 g/mol. The lowest BCUT2D eigenvalue weighted by Gasteiger charge is -2.32. The predicted octanol–water partition coefficient (Wildman–Crippen LogP) is 4.10. The third-order valence-electron chi connectivity index (χ3n) is 6.53. The Hall–Kier alpha value is -2.97. The van der Waals surface area contributed by atoms with Gasteiger partial charge in [0, 0.05) is 30.8 Å². The molecule has 4 rings (SSSR count). The van der Waals surface area contributed by atoms with Gasteiger partial charge in [0.25, 0.3) is 0 Å². The lowest BCUT2D eigenvalue weighted by atomic mass is 9.90. The second kappa shape index (κ2) is 10.3. The van der Waals surface area contributed by atoms with Crippen LogP contribution >= 0.6 is 0 Å². The summed E-state index contributed by atoms with van der Waals surface area (Å²) in [7, 11) is 0. The van der Waals surface area contributed by atoms with Crippen molar-refractivity contribution >= 4 is 11.9 Å². The van der Waals surface area contributed by atoms with Crippen LogP contribution in [0.1, 0.15) is 38.2 Å². The number of aromatic nitrogens is 2. The predicted molar refractivity (Wildman–Crippen MR) is 118 cm³/mol. The van der Waals surface area contributed by atoms with E-state index in [1.807, 2.05) is 6.92 Å². The first-order valence-electron chi connectivity index (χ1n) is 11.5. The third-order valence-corrected chi connectivity index (χ3v) is 6.53. The highest BCUT2D eigenvalue weighted by molar-refractivity contribution is 5.70. The maximum absolute atomic E-state index is 14.0. The number of halogens is 2. The van der Waals surface area contributed by atoms with Crippen LogP contribution in [-0.4, -0.2) is 47.3 Å². The van der Waals surface area contributed by atoms with Crippen molar-refractivity contribution in [2.75, 3.05) is 31.2 Å². The molecule has 1 saturated carbocycles. The van der Waals surface area contributed by atoms with Crippen molar-refractivity contribution in [3.8, 4) is 11.5 Å². The smallest absolute Gasteiger partial charge is 0.308 e. The summed E-state index contributed by atoms with van der Waals surface area (Å²) >= 11 is 0. The van der Waals surface area contributed by atoms with Crippen LogP contribution in [-0.2, 0) is 11.2 Å². The van der Waals surface area contributed by atoms with Crippen LogP contribution in [0.25, 0.3) is 0 Å². The SMILES string of the molecule is CCOc1cnc(N2CCC([C@H]3C[C@H]3CCOc3cc(F)c(CC(=O)O)c(F)c3)CC2)nc1. The van der Waals surface area contributed by atoms with Crippen LogP contribution < -0.4 is 14.4 Å². The molecule has 2 heterocycles. The maximum atomic E-state index is 14.0. The number of benzene rings is 1. The van der Waals surface area contributed by atoms with E-state index >= 15 is 0 Å². The van der Waals surface area contributed by atoms with Crippen molar-refractivity contribution in [3.05, 3.63) is 41.7 Å². The molecule has 178 valence electrons. The van der Waals surface area contributed by atoms with Crippen LogP contribution in [0.3, 0.4) is 0 Å². The fraction of sp³-hybridized carbons (Fsp3) is 0.542. The van der Waals surface area contributed by atoms with Gasteiger partial charge in [0.05, 0.1) is 32.0 Å². The van der Waals surface area contributed by atoms with E-state index in [4.69, 9.17) is 14.6 Å². The molecule has 9 heteroatoms. The summed E-state index contributed by atoms with van der Waals surface area (Å²) in [5, 5.41) is 8.75. The van der Waals surface area contributed by atoms with Crippen molar-refractivity contribution < 1.29 is 28.2 Å². The molecule has 7 nitrogen and oxygen atoms in total. The molecule has 1 aromatic heterocycles. The number of rotatable bonds is 10. The minimum absolute atomic E-state index is 0.0972. The van der Waals surface area contributed by atoms with Crippen molar-refractivity contribution in [2.45, 2.75) is 39.0 Å². The Morgan fingerprint density at radius 1 is 1.12 bits per heavy atom. The molecule has 2 aromatic rings. The van der Waals surface area contributed by atoms with Crippen LogP contribution in [0.5, 0.6) is 11.5 Å². The molecular formula is C24H29F2N3O4. The Kier molecular flexibility index (Phi) is 7.25. The molecule has 0 amide bonds. The number of anilines is 1. The first-order chi connectivity index (χ1) is 15.9. The Bertz CT molecular complexity index is 942. The Morgan fingerprint density at radius 2 is 1.79 bits per heavy atom. The summed E-state index contributed by atoms with van der Waals surface area (Å²) in [4.78, 5) is 21.8. The monoisotopic (exact) mass is 461 g/mol. The van der Waals surface area contributed by atoms with Crippen LogP contribution in [0.2, 0.25) is 0 Å². The molecule has 0 radical (unpaired) electrons. The second-order valence-corrected chi connectivity index (χ2v) is 8.71. The molecule has 0 bridgehead atoms. The van der Waals surface area contributed by atoms with Gasteiger partial charge < -0.3 is 19.5 Å². The van der Waals surface area contributed by atoms with Crippen LogP contribution in [0.15, 0.2) is 24.5 Å². The molecule has 33 heavy (non-hydrogen) atoms. The minimum atomic E-state index is -1.28. The topological polar surface area (TPSA) is 84.8 Å². The summed E-state index contributed by atoms with van der Waals surface area (Å²) in [6.07, 6.45) is 6.94. The molecular weight excluding hydrogens is 432 g/mol. The Balaban J connectivity index is 1.19. The quantitative estimate of drug-likeness (QED) is 0.570. The zero-order valence-corrected chi connectivity index (χ0v) is 18.7. The van der Waals surface area contributed by atoms with Crippen LogP contribution in [0, 0.1) is 29.4 Å². The first kappa shape index (κ1) is 23.2. The molecule has 2 aliphatic rings. The molecule has 0 spiro atoms. The Labute approximate surface area is 191 Å². The van der Waals surface area contributed by atoms with Crippen molar-refractivity contribution in [1.29, 1.82) is 0 Å². The normalized spacial score (nSPS) is 20.5. The van der Waals surface area contributed by atoms with Gasteiger partial charge >= 0.3 is 5.97 Å². The third kappa shape index (κ3) is 5.89. The van der Waals surface area contributed by atoms with E-state index in [0.717, 1.165) is 56.9 Å². The highest BCUT2D eigenvalue weighted by Crippen LogP contribution is 2.49. The number of carboxylic acids is 1. The highest BCUT2D eigenvalue weighted by Gasteiger charge is 2.43. The van der Waals surface area contributed by atoms with Gasteiger partial charge in [-0.25, -0.2) is 18.7 Å². The van der Waals surface area contributed by atoms with Gasteiger partial charge in [-0.2, -0.15) is 0 Å². The van der Waals surface area contributed by atoms with Crippen molar-refractivity contribution in [2.24, 2.45) is 17.8 Å². The lowest BCUT2D eigenvalue weighted by molar-refractivity contribution is -0.136. The number of nitrogens with zero attached hydrogens (tertiary/aromatic N) is 3. The number of carbonyl (C=O) groups is 1. The van der Waals surface area contributed by atoms with E-state index in [2.05, 4.69) is 14.9 Å². The van der Waals surface area contributed by atoms with E-state index in [9.17, 15) is 13.6 Å². The largest absolute Gasteiger partial charge is 0.493 e. The molecule has 0 unspecified atom stereocenters. The summed E-state index contributed by atoms with van der Waals surface area (Å²) in [6, 6.07) is 2.12. The lowest BCUT2D eigenvalue weighted by Crippen LogP contribution is -2.35. The van der Waals surface area contributed by atoms with Gasteiger partial charge in [0.15, 0.2) is 5.75 Å². The van der Waals surface area contributed by atoms with Gasteiger partial charge in [0.1, 0.15) is 17.4 Å². The van der Waals surface area contributed by atoms with Crippen LogP contribution in [0.4, 0.5) is 14.7 Å². The number of carboxylic acid groups (broad SMARTS) is 1. The van der Waals surface area contributed by atoms with Gasteiger partial charge in [-0.15, -0.1) is 0 Å². The van der Waals surface area contributed by atoms with E-state index in [1.165, 1.54) is 0 Å². The number of ether oxygens (including phenoxy) is 2. The summed E-state index contributed by atoms with van der Waals surface area (Å²) in [5.74, 6) is 0.373. The van der Waals surface area contributed by atoms with E-state index in [-0.39, 0.29) is 5.75 Å². The zero-order chi connectivity index (χ0) is 23.4. The summed E-state index contributed by atoms with van der Waals surface area (Å²) < 4.78 is 38.9. The standard InChI is InChI=1S/C24H29F2N3O4/c1-2-32-18-13-27-24(28-14-18)29-6-3-15(4-7-29)19-9-16(19)5-8-33-17-10-21(25)20(12-23(30)31)22(26)11-17/h10-11,13-16,19H,2-9,12H2,1H3,(H,30,31)/t16-,19-/m1/s1. The number of hydrogen-bond acceptors (Lipinski definition) is 6. The number of piperidine rings is 1. The molecule has 1 N–H and O–H groups in total. The fourth-order valence-electron chi connectivity index (χ4n) is 4.73. The summed E-state index contributed by atoms with van der Waals surface area (Å²) in [5.41, 5.74) is -0.445. The van der Waals surface area contributed by atoms with E-state index < -0.39 is 29.6 Å². The number of aliphatic carboxylic acids is 1. The molecule has 2 fully saturated rings. The first-order valence-corrected chi connectivity index (χ1v) is 11.5. The summed E-state index contributed by atoms with van der Waals surface area (Å²) in [6.45, 7) is 4.77. The molecule has 1 aliphatic heterocycles. The van der Waals surface area contributed by atoms with E-state index in [0.29, 0.717) is 36.7 Å². The zero-order valence-electron chi connectivity index (χ0n) is 18.7. The highest BCUT2D eigenvalue weighted by atomic mass is 19.1. The van der Waals surface area contributed by atoms with Gasteiger partial charge in [0.2, 0.25) is 5.95 Å². The van der Waals surface area contributed by atoms with Crippen molar-refractivity contribution in [3.63, 3.8) is 0 Å². The molecule has 1 aliphatic carbocycles.